The average Bonchev–Trinajstić information content (AvgIpc) is 1.54. The van der Waals surface area contributed by atoms with E-state index in [1.165, 1.54) is 183 Å². The van der Waals surface area contributed by atoms with Crippen LogP contribution in [0.5, 0.6) is 0 Å². The maximum atomic E-state index is 5.70. The fourth-order valence-electron chi connectivity index (χ4n) is 23.7. The Morgan fingerprint density at radius 1 is 0.154 bits per heavy atom. The lowest BCUT2D eigenvalue weighted by Crippen LogP contribution is -2.03. The number of hydrogen-bond acceptors (Lipinski definition) is 12. The zero-order valence-corrected chi connectivity index (χ0v) is 84.2. The highest BCUT2D eigenvalue weighted by Gasteiger charge is 2.32. The highest BCUT2D eigenvalue weighted by Crippen LogP contribution is 2.55. The molecule has 12 heterocycles. The molecule has 12 aromatic heterocycles. The predicted octanol–water partition coefficient (Wildman–Crippen LogP) is 39.0. The van der Waals surface area contributed by atoms with Crippen LogP contribution >= 0.6 is 68.0 Å². The third-order valence-corrected chi connectivity index (χ3v) is 37.3. The molecule has 0 aliphatic carbocycles. The summed E-state index contributed by atoms with van der Waals surface area (Å²) in [7, 11) is 0. The number of nitrogens with zero attached hydrogens (tertiary/aromatic N) is 9. The van der Waals surface area contributed by atoms with Gasteiger partial charge < -0.3 is 0 Å². The molecule has 34 rings (SSSR count). The first-order chi connectivity index (χ1) is 73.9. The Labute approximate surface area is 873 Å². The van der Waals surface area contributed by atoms with Crippen LogP contribution in [0, 0.1) is 0 Å². The molecule has 0 spiro atoms. The lowest BCUT2D eigenvalue weighted by atomic mass is 9.95. The van der Waals surface area contributed by atoms with Crippen LogP contribution in [0.4, 0.5) is 0 Å². The van der Waals surface area contributed by atoms with Gasteiger partial charge in [-0.25, -0.2) is 29.9 Å². The van der Waals surface area contributed by atoms with Crippen molar-refractivity contribution in [3.8, 4) is 73.9 Å². The molecule has 0 N–H and O–H groups in total. The fraction of sp³-hybridized carbons (Fsp3) is 0. The second-order valence-electron chi connectivity index (χ2n) is 38.3. The van der Waals surface area contributed by atoms with E-state index in [1.807, 2.05) is 34.0 Å². The van der Waals surface area contributed by atoms with Gasteiger partial charge in [0.1, 0.15) is 0 Å². The first-order valence-corrected chi connectivity index (χ1v) is 54.9. The molecule has 692 valence electrons. The van der Waals surface area contributed by atoms with Crippen molar-refractivity contribution in [2.24, 2.45) is 0 Å². The van der Waals surface area contributed by atoms with Crippen molar-refractivity contribution in [1.29, 1.82) is 0 Å². The molecule has 34 aromatic rings. The number of hydrogen-bond donors (Lipinski definition) is 0. The van der Waals surface area contributed by atoms with Crippen LogP contribution in [-0.2, 0) is 0 Å². The molecule has 0 bridgehead atoms. The molecule has 0 aliphatic rings. The highest BCUT2D eigenvalue weighted by atomic mass is 32.1. The zero-order chi connectivity index (χ0) is 97.3. The lowest BCUT2D eigenvalue weighted by Gasteiger charge is -2.14. The smallest absolute Gasteiger partial charge is 0.235 e. The molecule has 22 aromatic carbocycles. The van der Waals surface area contributed by atoms with Gasteiger partial charge in [-0.15, -0.1) is 68.0 Å². The van der Waals surface area contributed by atoms with E-state index in [1.54, 1.807) is 34.0 Å². The van der Waals surface area contributed by atoms with Gasteiger partial charge in [0.25, 0.3) is 0 Å². The summed E-state index contributed by atoms with van der Waals surface area (Å²) >= 11 is 11.0. The zero-order valence-electron chi connectivity index (χ0n) is 79.3. The number of fused-ring (bicyclic) bond motifs is 41. The highest BCUT2D eigenvalue weighted by molar-refractivity contribution is 7.29. The normalized spacial score (nSPS) is 12.2. The second-order valence-corrected chi connectivity index (χ2v) is 44.6. The lowest BCUT2D eigenvalue weighted by molar-refractivity contribution is 1.02. The third-order valence-electron chi connectivity index (χ3n) is 30.2. The summed E-state index contributed by atoms with van der Waals surface area (Å²) in [6.07, 6.45) is 0. The Bertz CT molecular complexity index is 11700. The van der Waals surface area contributed by atoms with Crippen LogP contribution in [0.15, 0.2) is 455 Å². The van der Waals surface area contributed by atoms with E-state index in [9.17, 15) is 0 Å². The SMILES string of the molecule is c1ccc(-c2cc(-c3ccccc3)cc(-c3nc(-n4c5ccccc5c5c6ccccc6c6sc7ccccc7c6c54)nc4c3sc3ccccc34)c2)cc1.c1ccc2c(-c3nc(-n4c5ccccc5c5c6ccccc6c6sc7ccccc7c6c54)nc4c3sc3ccccc34)cccc2c1.c1ccc2cc(-c3nc(-n4c5ccccc5c5c6ccccc6c6sc7ccccc7c6c54)nc4c3sc3ccccc34)ccc2c1. The van der Waals surface area contributed by atoms with E-state index in [-0.39, 0.29) is 0 Å². The largest absolute Gasteiger partial charge is 0.277 e. The number of para-hydroxylation sites is 3. The molecule has 0 saturated heterocycles. The molecule has 0 amide bonds. The van der Waals surface area contributed by atoms with Gasteiger partial charge in [0.15, 0.2) is 0 Å². The maximum Gasteiger partial charge on any atom is 0.235 e. The summed E-state index contributed by atoms with van der Waals surface area (Å²) in [4.78, 5) is 33.3. The molecule has 0 radical (unpaired) electrons. The molecule has 9 nitrogen and oxygen atoms in total. The number of benzene rings is 22. The Morgan fingerprint density at radius 2 is 0.436 bits per heavy atom. The van der Waals surface area contributed by atoms with Gasteiger partial charge in [-0.1, -0.05) is 376 Å². The van der Waals surface area contributed by atoms with Crippen molar-refractivity contribution in [1.82, 2.24) is 43.6 Å². The van der Waals surface area contributed by atoms with Crippen LogP contribution in [0.3, 0.4) is 0 Å². The number of aromatic nitrogens is 9. The Balaban J connectivity index is 0.0000000993. The van der Waals surface area contributed by atoms with Gasteiger partial charge in [-0.3, -0.25) is 13.7 Å². The third kappa shape index (κ3) is 12.9. The number of rotatable bonds is 8. The summed E-state index contributed by atoms with van der Waals surface area (Å²) in [6, 6.07) is 164. The molecule has 0 unspecified atom stereocenters. The first-order valence-electron chi connectivity index (χ1n) is 50.0. The summed E-state index contributed by atoms with van der Waals surface area (Å²) in [5.41, 5.74) is 20.6. The van der Waals surface area contributed by atoms with Gasteiger partial charge in [0.05, 0.1) is 80.8 Å². The first kappa shape index (κ1) is 84.4. The van der Waals surface area contributed by atoms with E-state index < -0.39 is 0 Å². The molecular weight excluding hydrogens is 1930 g/mol. The monoisotopic (exact) mass is 2000 g/mol. The minimum atomic E-state index is 0.676. The summed E-state index contributed by atoms with van der Waals surface area (Å²) in [5, 5.41) is 30.8. The van der Waals surface area contributed by atoms with Crippen molar-refractivity contribution in [3.63, 3.8) is 0 Å². The van der Waals surface area contributed by atoms with E-state index in [4.69, 9.17) is 29.9 Å². The van der Waals surface area contributed by atoms with Crippen molar-refractivity contribution >= 4 is 309 Å². The van der Waals surface area contributed by atoms with Gasteiger partial charge in [-0.2, -0.15) is 0 Å². The molecule has 0 saturated carbocycles. The quantitative estimate of drug-likeness (QED) is 0.150. The van der Waals surface area contributed by atoms with Crippen molar-refractivity contribution in [2.45, 2.75) is 0 Å². The second kappa shape index (κ2) is 33.3. The van der Waals surface area contributed by atoms with E-state index in [0.717, 1.165) is 114 Å². The standard InChI is InChI=1S/C50H29N3S2.2C42H23N3S2/c1-3-15-30(16-4-1)32-27-33(31-17-5-2-6-18-31)29-34(28-32)45-49-46(39-23-11-14-26-42(39)55-49)52-50(51-45)53-40-24-12-9-21-37(40)43-35-19-7-8-20-36(35)48-44(47(43)53)38-22-10-13-25-41(38)54-48;1-2-14-25-24(12-1)13-11-20-27(25)37-41-38(31-19-7-10-23-34(31)47-41)44-42(43-37)45-32-21-8-5-17-29(32)35-26-15-3-4-16-28(26)40-36(39(35)45)30-18-6-9-22-33(30)46-40;1-2-12-25-23-26(22-21-24(25)11-1)37-41-38(31-17-7-10-20-34(31)47-41)44-42(43-37)45-32-18-8-5-15-29(32)35-27-13-3-4-14-28(27)40-36(39(35)45)30-16-6-9-19-33(30)46-40/h1-29H;2*1-23H. The van der Waals surface area contributed by atoms with Crippen LogP contribution in [-0.4, -0.2) is 43.6 Å². The summed E-state index contributed by atoms with van der Waals surface area (Å²) in [5.74, 6) is 2.07. The Hall–Kier alpha value is -17.9. The summed E-state index contributed by atoms with van der Waals surface area (Å²) in [6.45, 7) is 0. The average molecular weight is 2000 g/mol. The van der Waals surface area contributed by atoms with Gasteiger partial charge in [0, 0.05) is 156 Å². The molecular formula is C134H75N9S6. The van der Waals surface area contributed by atoms with Gasteiger partial charge in [-0.05, 0) is 139 Å². The minimum Gasteiger partial charge on any atom is -0.277 e. The van der Waals surface area contributed by atoms with Crippen LogP contribution in [0.1, 0.15) is 0 Å². The molecule has 0 atom stereocenters. The summed E-state index contributed by atoms with van der Waals surface area (Å²) < 4.78 is 21.7. The topological polar surface area (TPSA) is 92.1 Å². The Kier molecular flexibility index (Phi) is 18.9. The van der Waals surface area contributed by atoms with E-state index >= 15 is 0 Å². The van der Waals surface area contributed by atoms with E-state index in [2.05, 4.69) is 469 Å². The van der Waals surface area contributed by atoms with Gasteiger partial charge in [0.2, 0.25) is 17.8 Å². The van der Waals surface area contributed by atoms with Gasteiger partial charge >= 0.3 is 0 Å². The fourth-order valence-corrected chi connectivity index (χ4v) is 30.9. The molecule has 0 fully saturated rings. The maximum absolute atomic E-state index is 5.70. The van der Waals surface area contributed by atoms with Crippen LogP contribution in [0.25, 0.3) is 315 Å². The molecule has 15 heteroatoms. The van der Waals surface area contributed by atoms with Crippen molar-refractivity contribution < 1.29 is 0 Å². The Morgan fingerprint density at radius 3 is 0.839 bits per heavy atom. The van der Waals surface area contributed by atoms with E-state index in [0.29, 0.717) is 17.8 Å². The minimum absolute atomic E-state index is 0.676. The van der Waals surface area contributed by atoms with Crippen LogP contribution in [0.2, 0.25) is 0 Å². The van der Waals surface area contributed by atoms with Crippen molar-refractivity contribution in [3.05, 3.63) is 455 Å². The molecule has 149 heavy (non-hydrogen) atoms. The van der Waals surface area contributed by atoms with Crippen LogP contribution < -0.4 is 0 Å². The predicted molar refractivity (Wildman–Crippen MR) is 641 cm³/mol. The number of thiophene rings is 6. The van der Waals surface area contributed by atoms with Crippen molar-refractivity contribution in [2.75, 3.05) is 0 Å². The molecule has 0 aliphatic heterocycles.